The van der Waals surface area contributed by atoms with E-state index < -0.39 is 0 Å². The van der Waals surface area contributed by atoms with Crippen LogP contribution >= 0.6 is 0 Å². The Morgan fingerprint density at radius 3 is 2.50 bits per heavy atom. The van der Waals surface area contributed by atoms with Crippen LogP contribution in [-0.2, 0) is 9.59 Å². The molecule has 1 saturated heterocycles. The van der Waals surface area contributed by atoms with Crippen LogP contribution in [0, 0.1) is 5.92 Å². The molecule has 5 nitrogen and oxygen atoms in total. The van der Waals surface area contributed by atoms with Crippen molar-refractivity contribution in [2.24, 2.45) is 5.92 Å². The molecule has 2 aliphatic carbocycles. The zero-order valence-corrected chi connectivity index (χ0v) is 10.5. The lowest BCUT2D eigenvalue weighted by molar-refractivity contribution is -0.140. The molecule has 18 heavy (non-hydrogen) atoms. The molecule has 1 heterocycles. The summed E-state index contributed by atoms with van der Waals surface area (Å²) in [5, 5.41) is 12.1. The monoisotopic (exact) mass is 252 g/mol. The van der Waals surface area contributed by atoms with Crippen molar-refractivity contribution in [3.05, 3.63) is 0 Å². The third kappa shape index (κ3) is 2.23. The van der Waals surface area contributed by atoms with Crippen molar-refractivity contribution in [1.82, 2.24) is 10.2 Å². The van der Waals surface area contributed by atoms with Crippen molar-refractivity contribution in [3.63, 3.8) is 0 Å². The Labute approximate surface area is 107 Å². The lowest BCUT2D eigenvalue weighted by Crippen LogP contribution is -2.53. The van der Waals surface area contributed by atoms with Gasteiger partial charge in [-0.25, -0.2) is 0 Å². The number of nitrogens with zero attached hydrogens (tertiary/aromatic N) is 1. The Bertz CT molecular complexity index is 361. The van der Waals surface area contributed by atoms with Crippen molar-refractivity contribution in [2.45, 2.75) is 56.7 Å². The largest absolute Gasteiger partial charge is 0.393 e. The molecule has 0 aromatic carbocycles. The van der Waals surface area contributed by atoms with Gasteiger partial charge in [0.2, 0.25) is 11.8 Å². The predicted molar refractivity (Wildman–Crippen MR) is 64.6 cm³/mol. The van der Waals surface area contributed by atoms with E-state index in [0.717, 1.165) is 32.2 Å². The first-order valence-electron chi connectivity index (χ1n) is 6.94. The van der Waals surface area contributed by atoms with Gasteiger partial charge in [-0.3, -0.25) is 9.59 Å². The standard InChI is InChI=1S/C13H20N2O3/c16-10-6-9(7-10)14-12(17)11-2-1-5-15(11)13(18)8-3-4-8/h8-11,16H,1-7H2,(H,14,17). The molecule has 3 rings (SSSR count). The summed E-state index contributed by atoms with van der Waals surface area (Å²) in [6, 6.07) is -0.165. The van der Waals surface area contributed by atoms with Gasteiger partial charge >= 0.3 is 0 Å². The lowest BCUT2D eigenvalue weighted by Gasteiger charge is -2.34. The molecule has 2 N–H and O–H groups in total. The number of aliphatic hydroxyl groups excluding tert-OH is 1. The summed E-state index contributed by atoms with van der Waals surface area (Å²) in [5.41, 5.74) is 0. The Balaban J connectivity index is 1.56. The molecular weight excluding hydrogens is 232 g/mol. The predicted octanol–water partition coefficient (Wildman–Crippen LogP) is 0.0269. The highest BCUT2D eigenvalue weighted by Crippen LogP contribution is 2.33. The molecule has 1 atom stereocenters. The van der Waals surface area contributed by atoms with E-state index in [1.54, 1.807) is 4.90 Å². The van der Waals surface area contributed by atoms with Gasteiger partial charge in [-0.05, 0) is 38.5 Å². The second kappa shape index (κ2) is 4.53. The first kappa shape index (κ1) is 12.0. The number of carbonyl (C=O) groups is 2. The molecule has 0 aromatic rings. The average molecular weight is 252 g/mol. The maximum Gasteiger partial charge on any atom is 0.243 e. The summed E-state index contributed by atoms with van der Waals surface area (Å²) in [6.45, 7) is 0.723. The number of hydrogen-bond acceptors (Lipinski definition) is 3. The summed E-state index contributed by atoms with van der Waals surface area (Å²) in [6.07, 6.45) is 4.70. The van der Waals surface area contributed by atoms with Crippen LogP contribution in [0.4, 0.5) is 0 Å². The number of rotatable bonds is 3. The fourth-order valence-corrected chi connectivity index (χ4v) is 2.87. The third-order valence-corrected chi connectivity index (χ3v) is 4.22. The van der Waals surface area contributed by atoms with Gasteiger partial charge in [0.15, 0.2) is 0 Å². The minimum absolute atomic E-state index is 0.0293. The van der Waals surface area contributed by atoms with E-state index >= 15 is 0 Å². The first-order chi connectivity index (χ1) is 8.65. The number of likely N-dealkylation sites (tertiary alicyclic amines) is 1. The molecule has 2 amide bonds. The van der Waals surface area contributed by atoms with Crippen LogP contribution in [-0.4, -0.2) is 46.6 Å². The van der Waals surface area contributed by atoms with Crippen LogP contribution in [0.2, 0.25) is 0 Å². The van der Waals surface area contributed by atoms with Gasteiger partial charge in [0.1, 0.15) is 6.04 Å². The average Bonchev–Trinajstić information content (AvgIpc) is 3.03. The van der Waals surface area contributed by atoms with Crippen molar-refractivity contribution in [1.29, 1.82) is 0 Å². The topological polar surface area (TPSA) is 69.6 Å². The van der Waals surface area contributed by atoms with E-state index in [1.165, 1.54) is 0 Å². The van der Waals surface area contributed by atoms with Crippen LogP contribution in [0.25, 0.3) is 0 Å². The smallest absolute Gasteiger partial charge is 0.243 e. The van der Waals surface area contributed by atoms with Gasteiger partial charge in [0.25, 0.3) is 0 Å². The molecule has 0 bridgehead atoms. The van der Waals surface area contributed by atoms with Gasteiger partial charge in [0, 0.05) is 18.5 Å². The molecule has 0 aromatic heterocycles. The van der Waals surface area contributed by atoms with Crippen molar-refractivity contribution < 1.29 is 14.7 Å². The maximum absolute atomic E-state index is 12.1. The number of aliphatic hydroxyl groups is 1. The number of nitrogens with one attached hydrogen (secondary N) is 1. The highest BCUT2D eigenvalue weighted by molar-refractivity contribution is 5.90. The minimum atomic E-state index is -0.268. The van der Waals surface area contributed by atoms with E-state index in [9.17, 15) is 14.7 Å². The van der Waals surface area contributed by atoms with Crippen LogP contribution in [0.1, 0.15) is 38.5 Å². The summed E-state index contributed by atoms with van der Waals surface area (Å²) >= 11 is 0. The Morgan fingerprint density at radius 1 is 1.17 bits per heavy atom. The normalized spacial score (nSPS) is 35.2. The minimum Gasteiger partial charge on any atom is -0.393 e. The van der Waals surface area contributed by atoms with Gasteiger partial charge in [-0.15, -0.1) is 0 Å². The summed E-state index contributed by atoms with van der Waals surface area (Å²) < 4.78 is 0. The first-order valence-corrected chi connectivity index (χ1v) is 6.94. The van der Waals surface area contributed by atoms with Crippen molar-refractivity contribution in [3.8, 4) is 0 Å². The number of carbonyl (C=O) groups excluding carboxylic acids is 2. The van der Waals surface area contributed by atoms with Crippen LogP contribution in [0.3, 0.4) is 0 Å². The van der Waals surface area contributed by atoms with Gasteiger partial charge in [0.05, 0.1) is 6.10 Å². The fraction of sp³-hybridized carbons (Fsp3) is 0.846. The molecule has 5 heteroatoms. The SMILES string of the molecule is O=C(NC1CC(O)C1)C1CCCN1C(=O)C1CC1. The van der Waals surface area contributed by atoms with E-state index in [-0.39, 0.29) is 35.9 Å². The summed E-state index contributed by atoms with van der Waals surface area (Å²) in [5.74, 6) is 0.323. The number of hydrogen-bond donors (Lipinski definition) is 2. The van der Waals surface area contributed by atoms with E-state index in [1.807, 2.05) is 0 Å². The van der Waals surface area contributed by atoms with Crippen molar-refractivity contribution >= 4 is 11.8 Å². The molecule has 0 spiro atoms. The fourth-order valence-electron chi connectivity index (χ4n) is 2.87. The molecule has 3 aliphatic rings. The molecule has 2 saturated carbocycles. The van der Waals surface area contributed by atoms with Crippen LogP contribution < -0.4 is 5.32 Å². The van der Waals surface area contributed by atoms with Crippen LogP contribution in [0.5, 0.6) is 0 Å². The van der Waals surface area contributed by atoms with Gasteiger partial charge < -0.3 is 15.3 Å². The third-order valence-electron chi connectivity index (χ3n) is 4.22. The Hall–Kier alpha value is -1.10. The van der Waals surface area contributed by atoms with Crippen molar-refractivity contribution in [2.75, 3.05) is 6.54 Å². The lowest BCUT2D eigenvalue weighted by atomic mass is 9.89. The number of amides is 2. The van der Waals surface area contributed by atoms with Gasteiger partial charge in [-0.1, -0.05) is 0 Å². The molecule has 0 radical (unpaired) electrons. The maximum atomic E-state index is 12.1. The Kier molecular flexibility index (Phi) is 3.01. The molecular formula is C13H20N2O3. The molecule has 1 unspecified atom stereocenters. The Morgan fingerprint density at radius 2 is 1.89 bits per heavy atom. The van der Waals surface area contributed by atoms with E-state index in [0.29, 0.717) is 12.8 Å². The molecule has 1 aliphatic heterocycles. The van der Waals surface area contributed by atoms with Gasteiger partial charge in [-0.2, -0.15) is 0 Å². The zero-order chi connectivity index (χ0) is 12.7. The van der Waals surface area contributed by atoms with E-state index in [4.69, 9.17) is 0 Å². The summed E-state index contributed by atoms with van der Waals surface area (Å²) in [4.78, 5) is 25.9. The highest BCUT2D eigenvalue weighted by atomic mass is 16.3. The second-order valence-electron chi connectivity index (χ2n) is 5.79. The van der Waals surface area contributed by atoms with E-state index in [2.05, 4.69) is 5.32 Å². The zero-order valence-electron chi connectivity index (χ0n) is 10.5. The van der Waals surface area contributed by atoms with Crippen LogP contribution in [0.15, 0.2) is 0 Å². The highest BCUT2D eigenvalue weighted by Gasteiger charge is 2.41. The quantitative estimate of drug-likeness (QED) is 0.744. The second-order valence-corrected chi connectivity index (χ2v) is 5.79. The molecule has 100 valence electrons. The molecule has 3 fully saturated rings. The summed E-state index contributed by atoms with van der Waals surface area (Å²) in [7, 11) is 0.